The number of ether oxygens (including phenoxy) is 1. The van der Waals surface area contributed by atoms with Gasteiger partial charge in [-0.3, -0.25) is 4.79 Å². The first kappa shape index (κ1) is 14.7. The van der Waals surface area contributed by atoms with Crippen LogP contribution in [0.15, 0.2) is 24.3 Å². The number of carbonyl (C=O) groups excluding carboxylic acids is 1. The number of amides is 1. The maximum absolute atomic E-state index is 11.4. The summed E-state index contributed by atoms with van der Waals surface area (Å²) in [5.41, 5.74) is 2.30. The van der Waals surface area contributed by atoms with Gasteiger partial charge in [0.25, 0.3) is 0 Å². The van der Waals surface area contributed by atoms with Crippen molar-refractivity contribution >= 4 is 5.91 Å². The van der Waals surface area contributed by atoms with Gasteiger partial charge < -0.3 is 15.4 Å². The molecule has 0 atom stereocenters. The Bertz CT molecular complexity index is 378. The number of rotatable bonds is 7. The first-order chi connectivity index (χ1) is 8.61. The summed E-state index contributed by atoms with van der Waals surface area (Å²) in [6.45, 7) is 5.54. The van der Waals surface area contributed by atoms with Crippen LogP contribution in [0.1, 0.15) is 25.0 Å². The zero-order valence-corrected chi connectivity index (χ0v) is 11.3. The van der Waals surface area contributed by atoms with Gasteiger partial charge in [0.1, 0.15) is 0 Å². The summed E-state index contributed by atoms with van der Waals surface area (Å²) in [6.07, 6.45) is 0. The fraction of sp³-hybridized carbons (Fsp3) is 0.500. The maximum atomic E-state index is 11.4. The molecule has 0 saturated heterocycles. The number of methoxy groups -OCH3 is 1. The largest absolute Gasteiger partial charge is 0.380 e. The highest BCUT2D eigenvalue weighted by Gasteiger charge is 2.02. The van der Waals surface area contributed by atoms with E-state index in [9.17, 15) is 4.79 Å². The van der Waals surface area contributed by atoms with Crippen molar-refractivity contribution in [2.24, 2.45) is 0 Å². The number of benzene rings is 1. The van der Waals surface area contributed by atoms with Crippen molar-refractivity contribution in [2.45, 2.75) is 33.0 Å². The molecule has 0 saturated carbocycles. The summed E-state index contributed by atoms with van der Waals surface area (Å²) >= 11 is 0. The summed E-state index contributed by atoms with van der Waals surface area (Å²) in [5.74, 6) is 0.0260. The minimum Gasteiger partial charge on any atom is -0.380 e. The molecule has 18 heavy (non-hydrogen) atoms. The second kappa shape index (κ2) is 7.84. The lowest BCUT2D eigenvalue weighted by Crippen LogP contribution is -2.37. The minimum atomic E-state index is 0.0260. The Morgan fingerprint density at radius 1 is 1.33 bits per heavy atom. The van der Waals surface area contributed by atoms with Crippen LogP contribution in [0.2, 0.25) is 0 Å². The van der Waals surface area contributed by atoms with E-state index in [1.807, 2.05) is 32.0 Å². The molecule has 1 aromatic carbocycles. The second-order valence-electron chi connectivity index (χ2n) is 4.58. The maximum Gasteiger partial charge on any atom is 0.234 e. The van der Waals surface area contributed by atoms with Crippen molar-refractivity contribution in [1.29, 1.82) is 0 Å². The molecule has 0 aliphatic heterocycles. The van der Waals surface area contributed by atoms with Gasteiger partial charge in [-0.2, -0.15) is 0 Å². The molecule has 0 unspecified atom stereocenters. The first-order valence-corrected chi connectivity index (χ1v) is 6.18. The SMILES string of the molecule is COCc1cccc(CNCC(=O)NC(C)C)c1. The van der Waals surface area contributed by atoms with Gasteiger partial charge in [-0.05, 0) is 25.0 Å². The van der Waals surface area contributed by atoms with E-state index in [1.165, 1.54) is 0 Å². The molecule has 0 spiro atoms. The Hall–Kier alpha value is -1.39. The summed E-state index contributed by atoms with van der Waals surface area (Å²) < 4.78 is 5.08. The zero-order valence-electron chi connectivity index (χ0n) is 11.3. The Morgan fingerprint density at radius 2 is 2.06 bits per heavy atom. The quantitative estimate of drug-likeness (QED) is 0.770. The molecule has 2 N–H and O–H groups in total. The smallest absolute Gasteiger partial charge is 0.234 e. The lowest BCUT2D eigenvalue weighted by molar-refractivity contribution is -0.120. The lowest BCUT2D eigenvalue weighted by Gasteiger charge is -2.09. The van der Waals surface area contributed by atoms with Crippen LogP contribution in [0.5, 0.6) is 0 Å². The van der Waals surface area contributed by atoms with Gasteiger partial charge in [0.15, 0.2) is 0 Å². The molecule has 1 amide bonds. The monoisotopic (exact) mass is 250 g/mol. The van der Waals surface area contributed by atoms with Crippen LogP contribution < -0.4 is 10.6 Å². The van der Waals surface area contributed by atoms with Gasteiger partial charge in [0, 0.05) is 19.7 Å². The molecule has 1 rings (SSSR count). The van der Waals surface area contributed by atoms with Gasteiger partial charge in [0.2, 0.25) is 5.91 Å². The van der Waals surface area contributed by atoms with E-state index < -0.39 is 0 Å². The van der Waals surface area contributed by atoms with Crippen molar-refractivity contribution in [3.63, 3.8) is 0 Å². The number of hydrogen-bond acceptors (Lipinski definition) is 3. The fourth-order valence-corrected chi connectivity index (χ4v) is 1.69. The molecule has 0 heterocycles. The Balaban J connectivity index is 2.34. The molecule has 0 bridgehead atoms. The second-order valence-corrected chi connectivity index (χ2v) is 4.58. The normalized spacial score (nSPS) is 10.7. The molecule has 0 fully saturated rings. The predicted octanol–water partition coefficient (Wildman–Crippen LogP) is 1.45. The average molecular weight is 250 g/mol. The number of hydrogen-bond donors (Lipinski definition) is 2. The Morgan fingerprint density at radius 3 is 2.72 bits per heavy atom. The topological polar surface area (TPSA) is 50.4 Å². The highest BCUT2D eigenvalue weighted by atomic mass is 16.5. The Labute approximate surface area is 109 Å². The molecular formula is C14H22N2O2. The van der Waals surface area contributed by atoms with Crippen molar-refractivity contribution in [3.8, 4) is 0 Å². The van der Waals surface area contributed by atoms with Crippen molar-refractivity contribution in [2.75, 3.05) is 13.7 Å². The molecule has 0 aliphatic carbocycles. The van der Waals surface area contributed by atoms with Crippen molar-refractivity contribution in [3.05, 3.63) is 35.4 Å². The number of nitrogens with one attached hydrogen (secondary N) is 2. The van der Waals surface area contributed by atoms with Crippen LogP contribution in [0, 0.1) is 0 Å². The third kappa shape index (κ3) is 5.80. The summed E-state index contributed by atoms with van der Waals surface area (Å²) in [4.78, 5) is 11.4. The molecular weight excluding hydrogens is 228 g/mol. The Kier molecular flexibility index (Phi) is 6.39. The molecule has 1 aromatic rings. The zero-order chi connectivity index (χ0) is 13.4. The van der Waals surface area contributed by atoms with Crippen LogP contribution in [0.4, 0.5) is 0 Å². The lowest BCUT2D eigenvalue weighted by atomic mass is 10.1. The van der Waals surface area contributed by atoms with E-state index in [0.29, 0.717) is 19.7 Å². The molecule has 4 nitrogen and oxygen atoms in total. The summed E-state index contributed by atoms with van der Waals surface area (Å²) in [5, 5.41) is 5.96. The molecule has 0 aromatic heterocycles. The number of carbonyl (C=O) groups is 1. The third-order valence-corrected chi connectivity index (χ3v) is 2.37. The average Bonchev–Trinajstić information content (AvgIpc) is 2.29. The highest BCUT2D eigenvalue weighted by Crippen LogP contribution is 2.05. The summed E-state index contributed by atoms with van der Waals surface area (Å²) in [7, 11) is 1.68. The van der Waals surface area contributed by atoms with E-state index >= 15 is 0 Å². The van der Waals surface area contributed by atoms with E-state index in [4.69, 9.17) is 4.74 Å². The van der Waals surface area contributed by atoms with Gasteiger partial charge in [0.05, 0.1) is 13.2 Å². The van der Waals surface area contributed by atoms with Gasteiger partial charge in [-0.15, -0.1) is 0 Å². The van der Waals surface area contributed by atoms with Gasteiger partial charge in [-0.25, -0.2) is 0 Å². The molecule has 0 radical (unpaired) electrons. The van der Waals surface area contributed by atoms with Crippen molar-refractivity contribution < 1.29 is 9.53 Å². The molecule has 0 aliphatic rings. The predicted molar refractivity (Wildman–Crippen MR) is 72.1 cm³/mol. The van der Waals surface area contributed by atoms with Gasteiger partial charge in [-0.1, -0.05) is 24.3 Å². The standard InChI is InChI=1S/C14H22N2O2/c1-11(2)16-14(17)9-15-8-12-5-4-6-13(7-12)10-18-3/h4-7,11,15H,8-10H2,1-3H3,(H,16,17). The fourth-order valence-electron chi connectivity index (χ4n) is 1.69. The van der Waals surface area contributed by atoms with Crippen LogP contribution >= 0.6 is 0 Å². The van der Waals surface area contributed by atoms with Crippen LogP contribution in [0.25, 0.3) is 0 Å². The highest BCUT2D eigenvalue weighted by molar-refractivity contribution is 5.78. The molecule has 100 valence electrons. The molecule has 4 heteroatoms. The van der Waals surface area contributed by atoms with Gasteiger partial charge >= 0.3 is 0 Å². The van der Waals surface area contributed by atoms with E-state index in [0.717, 1.165) is 11.1 Å². The first-order valence-electron chi connectivity index (χ1n) is 6.18. The van der Waals surface area contributed by atoms with Crippen LogP contribution in [0.3, 0.4) is 0 Å². The van der Waals surface area contributed by atoms with E-state index in [-0.39, 0.29) is 11.9 Å². The van der Waals surface area contributed by atoms with Crippen LogP contribution in [-0.4, -0.2) is 25.6 Å². The van der Waals surface area contributed by atoms with E-state index in [1.54, 1.807) is 7.11 Å². The third-order valence-electron chi connectivity index (χ3n) is 2.37. The van der Waals surface area contributed by atoms with Crippen molar-refractivity contribution in [1.82, 2.24) is 10.6 Å². The minimum absolute atomic E-state index is 0.0260. The summed E-state index contributed by atoms with van der Waals surface area (Å²) in [6, 6.07) is 8.32. The van der Waals surface area contributed by atoms with E-state index in [2.05, 4.69) is 16.7 Å². The van der Waals surface area contributed by atoms with Crippen LogP contribution in [-0.2, 0) is 22.7 Å².